The first-order valence-electron chi connectivity index (χ1n) is 5.15. The summed E-state index contributed by atoms with van der Waals surface area (Å²) >= 11 is 0. The SMILES string of the molecule is Cn1cc(C(=O)CCc2nccn2C)cn1. The zero-order valence-electron chi connectivity index (χ0n) is 9.42. The van der Waals surface area contributed by atoms with E-state index in [9.17, 15) is 4.79 Å². The highest BCUT2D eigenvalue weighted by Crippen LogP contribution is 2.05. The lowest BCUT2D eigenvalue weighted by atomic mass is 10.1. The molecule has 5 nitrogen and oxygen atoms in total. The minimum absolute atomic E-state index is 0.108. The predicted octanol–water partition coefficient (Wildman–Crippen LogP) is 0.969. The molecule has 0 amide bonds. The van der Waals surface area contributed by atoms with Crippen molar-refractivity contribution in [3.05, 3.63) is 36.2 Å². The molecule has 0 spiro atoms. The average Bonchev–Trinajstić information content (AvgIpc) is 2.84. The molecule has 0 unspecified atom stereocenters. The minimum atomic E-state index is 0.108. The molecule has 0 aliphatic carbocycles. The lowest BCUT2D eigenvalue weighted by Gasteiger charge is -1.99. The molecular formula is C11H14N4O. The molecule has 0 aliphatic rings. The first-order valence-corrected chi connectivity index (χ1v) is 5.15. The largest absolute Gasteiger partial charge is 0.338 e. The van der Waals surface area contributed by atoms with Gasteiger partial charge in [-0.2, -0.15) is 5.10 Å². The van der Waals surface area contributed by atoms with Crippen molar-refractivity contribution < 1.29 is 4.79 Å². The van der Waals surface area contributed by atoms with Gasteiger partial charge in [0.05, 0.1) is 11.8 Å². The number of rotatable bonds is 4. The molecule has 0 N–H and O–H groups in total. The Balaban J connectivity index is 1.96. The Morgan fingerprint density at radius 2 is 2.25 bits per heavy atom. The molecule has 0 bridgehead atoms. The Kier molecular flexibility index (Phi) is 2.85. The van der Waals surface area contributed by atoms with Crippen LogP contribution in [0, 0.1) is 0 Å². The van der Waals surface area contributed by atoms with Gasteiger partial charge in [0.25, 0.3) is 0 Å². The number of ketones is 1. The first kappa shape index (κ1) is 10.6. The molecular weight excluding hydrogens is 204 g/mol. The molecule has 5 heteroatoms. The Hall–Kier alpha value is -1.91. The van der Waals surface area contributed by atoms with Gasteiger partial charge < -0.3 is 4.57 Å². The molecule has 0 saturated carbocycles. The Labute approximate surface area is 93.7 Å². The number of Topliss-reactive ketones (excluding diaryl/α,β-unsaturated/α-hetero) is 1. The van der Waals surface area contributed by atoms with Crippen LogP contribution in [-0.2, 0) is 20.5 Å². The standard InChI is InChI=1S/C11H14N4O/c1-14-6-5-12-11(14)4-3-10(16)9-7-13-15(2)8-9/h5-8H,3-4H2,1-2H3. The zero-order valence-corrected chi connectivity index (χ0v) is 9.42. The Morgan fingerprint density at radius 3 is 2.81 bits per heavy atom. The molecule has 0 atom stereocenters. The van der Waals surface area contributed by atoms with Gasteiger partial charge in [0.15, 0.2) is 5.78 Å². The molecule has 0 fully saturated rings. The van der Waals surface area contributed by atoms with Crippen molar-refractivity contribution in [3.8, 4) is 0 Å². The van der Waals surface area contributed by atoms with Crippen LogP contribution in [0.3, 0.4) is 0 Å². The fourth-order valence-electron chi connectivity index (χ4n) is 1.57. The van der Waals surface area contributed by atoms with Gasteiger partial charge in [0.2, 0.25) is 0 Å². The van der Waals surface area contributed by atoms with E-state index in [1.54, 1.807) is 30.3 Å². The number of aryl methyl sites for hydroxylation is 3. The number of aromatic nitrogens is 4. The van der Waals surface area contributed by atoms with E-state index < -0.39 is 0 Å². The van der Waals surface area contributed by atoms with Crippen LogP contribution < -0.4 is 0 Å². The number of imidazole rings is 1. The fourth-order valence-corrected chi connectivity index (χ4v) is 1.57. The van der Waals surface area contributed by atoms with Crippen LogP contribution in [-0.4, -0.2) is 25.1 Å². The van der Waals surface area contributed by atoms with E-state index >= 15 is 0 Å². The third kappa shape index (κ3) is 2.18. The highest BCUT2D eigenvalue weighted by Gasteiger charge is 2.09. The van der Waals surface area contributed by atoms with Crippen molar-refractivity contribution in [1.29, 1.82) is 0 Å². The second kappa shape index (κ2) is 4.30. The van der Waals surface area contributed by atoms with Crippen molar-refractivity contribution in [2.75, 3.05) is 0 Å². The summed E-state index contributed by atoms with van der Waals surface area (Å²) in [6.07, 6.45) is 8.09. The van der Waals surface area contributed by atoms with Crippen molar-refractivity contribution in [2.24, 2.45) is 14.1 Å². The molecule has 2 heterocycles. The third-order valence-corrected chi connectivity index (χ3v) is 2.52. The monoisotopic (exact) mass is 218 g/mol. The van der Waals surface area contributed by atoms with Crippen LogP contribution in [0.2, 0.25) is 0 Å². The maximum Gasteiger partial charge on any atom is 0.166 e. The number of nitrogens with zero attached hydrogens (tertiary/aromatic N) is 4. The predicted molar refractivity (Wildman–Crippen MR) is 59.1 cm³/mol. The molecule has 0 radical (unpaired) electrons. The summed E-state index contributed by atoms with van der Waals surface area (Å²) in [6.45, 7) is 0. The van der Waals surface area contributed by atoms with Gasteiger partial charge in [-0.15, -0.1) is 0 Å². The van der Waals surface area contributed by atoms with E-state index in [1.807, 2.05) is 17.8 Å². The molecule has 16 heavy (non-hydrogen) atoms. The quantitative estimate of drug-likeness (QED) is 0.718. The van der Waals surface area contributed by atoms with E-state index in [4.69, 9.17) is 0 Å². The molecule has 0 saturated heterocycles. The van der Waals surface area contributed by atoms with E-state index in [-0.39, 0.29) is 5.78 Å². The van der Waals surface area contributed by atoms with E-state index in [0.29, 0.717) is 18.4 Å². The topological polar surface area (TPSA) is 52.7 Å². The van der Waals surface area contributed by atoms with Crippen LogP contribution in [0.25, 0.3) is 0 Å². The molecule has 2 rings (SSSR count). The molecule has 0 aliphatic heterocycles. The van der Waals surface area contributed by atoms with E-state index in [2.05, 4.69) is 10.1 Å². The first-order chi connectivity index (χ1) is 7.66. The summed E-state index contributed by atoms with van der Waals surface area (Å²) in [5.41, 5.74) is 0.664. The summed E-state index contributed by atoms with van der Waals surface area (Å²) < 4.78 is 3.56. The van der Waals surface area contributed by atoms with Gasteiger partial charge in [-0.25, -0.2) is 4.98 Å². The van der Waals surface area contributed by atoms with Crippen LogP contribution in [0.15, 0.2) is 24.8 Å². The minimum Gasteiger partial charge on any atom is -0.338 e. The molecule has 0 aromatic carbocycles. The van der Waals surface area contributed by atoms with Gasteiger partial charge in [0.1, 0.15) is 5.82 Å². The van der Waals surface area contributed by atoms with Crippen molar-refractivity contribution in [1.82, 2.24) is 19.3 Å². The highest BCUT2D eigenvalue weighted by atomic mass is 16.1. The average molecular weight is 218 g/mol. The van der Waals surface area contributed by atoms with E-state index in [0.717, 1.165) is 5.82 Å². The summed E-state index contributed by atoms with van der Waals surface area (Å²) in [4.78, 5) is 16.0. The van der Waals surface area contributed by atoms with Crippen LogP contribution in [0.1, 0.15) is 22.6 Å². The lowest BCUT2D eigenvalue weighted by molar-refractivity contribution is 0.0982. The highest BCUT2D eigenvalue weighted by molar-refractivity contribution is 5.95. The van der Waals surface area contributed by atoms with Crippen molar-refractivity contribution in [3.63, 3.8) is 0 Å². The maximum absolute atomic E-state index is 11.8. The number of carbonyl (C=O) groups excluding carboxylic acids is 1. The summed E-state index contributed by atoms with van der Waals surface area (Å²) in [5, 5.41) is 3.98. The molecule has 2 aromatic rings. The maximum atomic E-state index is 11.8. The van der Waals surface area contributed by atoms with Gasteiger partial charge in [-0.05, 0) is 0 Å². The summed E-state index contributed by atoms with van der Waals surface area (Å²) in [5.74, 6) is 1.04. The second-order valence-corrected chi connectivity index (χ2v) is 3.78. The van der Waals surface area contributed by atoms with Gasteiger partial charge in [0, 0.05) is 45.5 Å². The second-order valence-electron chi connectivity index (χ2n) is 3.78. The summed E-state index contributed by atoms with van der Waals surface area (Å²) in [7, 11) is 3.73. The molecule has 84 valence electrons. The lowest BCUT2D eigenvalue weighted by Crippen LogP contribution is -2.04. The number of hydrogen-bond donors (Lipinski definition) is 0. The van der Waals surface area contributed by atoms with Gasteiger partial charge in [-0.1, -0.05) is 0 Å². The number of carbonyl (C=O) groups is 1. The van der Waals surface area contributed by atoms with Gasteiger partial charge in [-0.3, -0.25) is 9.48 Å². The smallest absolute Gasteiger partial charge is 0.166 e. The van der Waals surface area contributed by atoms with Crippen LogP contribution in [0.5, 0.6) is 0 Å². The van der Waals surface area contributed by atoms with Crippen molar-refractivity contribution in [2.45, 2.75) is 12.8 Å². The molecule has 2 aromatic heterocycles. The van der Waals surface area contributed by atoms with Crippen LogP contribution >= 0.6 is 0 Å². The van der Waals surface area contributed by atoms with Gasteiger partial charge >= 0.3 is 0 Å². The summed E-state index contributed by atoms with van der Waals surface area (Å²) in [6, 6.07) is 0. The van der Waals surface area contributed by atoms with E-state index in [1.165, 1.54) is 0 Å². The van der Waals surface area contributed by atoms with Crippen molar-refractivity contribution >= 4 is 5.78 Å². The Bertz CT molecular complexity index is 498. The fraction of sp³-hybridized carbons (Fsp3) is 0.364. The number of hydrogen-bond acceptors (Lipinski definition) is 3. The Morgan fingerprint density at radius 1 is 1.44 bits per heavy atom. The third-order valence-electron chi connectivity index (χ3n) is 2.52. The van der Waals surface area contributed by atoms with Crippen LogP contribution in [0.4, 0.5) is 0 Å². The zero-order chi connectivity index (χ0) is 11.5. The normalized spacial score (nSPS) is 10.6.